The maximum Gasteiger partial charge on any atom is 0.226 e. The smallest absolute Gasteiger partial charge is 0.226 e. The molecule has 1 fully saturated rings. The molecule has 0 radical (unpaired) electrons. The summed E-state index contributed by atoms with van der Waals surface area (Å²) >= 11 is 0. The number of nitrogens with zero attached hydrogens (tertiary/aromatic N) is 4. The largest absolute Gasteiger partial charge is 0.395 e. The van der Waals surface area contributed by atoms with Crippen LogP contribution in [0.5, 0.6) is 0 Å². The molecule has 1 atom stereocenters. The molecule has 3 aromatic rings. The van der Waals surface area contributed by atoms with Gasteiger partial charge in [0.1, 0.15) is 11.6 Å². The van der Waals surface area contributed by atoms with Crippen LogP contribution in [-0.4, -0.2) is 64.0 Å². The van der Waals surface area contributed by atoms with Gasteiger partial charge in [0.25, 0.3) is 0 Å². The van der Waals surface area contributed by atoms with Crippen molar-refractivity contribution in [1.29, 1.82) is 0 Å². The Morgan fingerprint density at radius 1 is 1.25 bits per heavy atom. The van der Waals surface area contributed by atoms with Crippen LogP contribution in [0.2, 0.25) is 0 Å². The summed E-state index contributed by atoms with van der Waals surface area (Å²) in [6.45, 7) is 0.201. The van der Waals surface area contributed by atoms with Crippen molar-refractivity contribution in [2.24, 2.45) is 0 Å². The van der Waals surface area contributed by atoms with Crippen LogP contribution >= 0.6 is 0 Å². The summed E-state index contributed by atoms with van der Waals surface area (Å²) in [5, 5.41) is 20.2. The number of rotatable bonds is 6. The van der Waals surface area contributed by atoms with Gasteiger partial charge in [0.05, 0.1) is 35.4 Å². The van der Waals surface area contributed by atoms with E-state index in [-0.39, 0.29) is 42.5 Å². The van der Waals surface area contributed by atoms with E-state index in [1.165, 1.54) is 12.1 Å². The SMILES string of the molecule is O=S1(=O)CCC(Nc2nc(NCCO)c3cnn(-c4ccc(F)cc4)c3n2)C1. The number of aromatic nitrogens is 4. The van der Waals surface area contributed by atoms with Crippen LogP contribution in [0.1, 0.15) is 6.42 Å². The van der Waals surface area contributed by atoms with E-state index < -0.39 is 9.84 Å². The molecule has 1 aromatic carbocycles. The van der Waals surface area contributed by atoms with E-state index in [4.69, 9.17) is 5.11 Å². The molecule has 28 heavy (non-hydrogen) atoms. The van der Waals surface area contributed by atoms with Gasteiger partial charge in [-0.15, -0.1) is 0 Å². The van der Waals surface area contributed by atoms with Crippen molar-refractivity contribution in [3.8, 4) is 5.69 Å². The first-order chi connectivity index (χ1) is 13.4. The second-order valence-electron chi connectivity index (χ2n) is 6.56. The summed E-state index contributed by atoms with van der Waals surface area (Å²) < 4.78 is 38.2. The molecule has 4 rings (SSSR count). The molecule has 2 aromatic heterocycles. The van der Waals surface area contributed by atoms with Gasteiger partial charge in [0.2, 0.25) is 5.95 Å². The highest BCUT2D eigenvalue weighted by molar-refractivity contribution is 7.91. The fourth-order valence-electron chi connectivity index (χ4n) is 3.14. The zero-order valence-corrected chi connectivity index (χ0v) is 15.7. The molecule has 0 aliphatic carbocycles. The van der Waals surface area contributed by atoms with E-state index in [1.807, 2.05) is 0 Å². The molecule has 1 aliphatic heterocycles. The molecule has 0 amide bonds. The van der Waals surface area contributed by atoms with Crippen molar-refractivity contribution in [3.63, 3.8) is 0 Å². The number of aliphatic hydroxyl groups excluding tert-OH is 1. The zero-order chi connectivity index (χ0) is 19.7. The molecule has 148 valence electrons. The number of hydrogen-bond donors (Lipinski definition) is 3. The normalized spacial score (nSPS) is 18.4. The lowest BCUT2D eigenvalue weighted by Gasteiger charge is -2.13. The van der Waals surface area contributed by atoms with Crippen LogP contribution in [0.15, 0.2) is 30.5 Å². The summed E-state index contributed by atoms with van der Waals surface area (Å²) in [6.07, 6.45) is 2.07. The van der Waals surface area contributed by atoms with Crippen molar-refractivity contribution in [2.45, 2.75) is 12.5 Å². The number of sulfone groups is 1. The lowest BCUT2D eigenvalue weighted by atomic mass is 10.3. The van der Waals surface area contributed by atoms with Crippen molar-refractivity contribution in [1.82, 2.24) is 19.7 Å². The molecule has 3 N–H and O–H groups in total. The van der Waals surface area contributed by atoms with Gasteiger partial charge in [-0.1, -0.05) is 0 Å². The first-order valence-corrected chi connectivity index (χ1v) is 10.6. The minimum Gasteiger partial charge on any atom is -0.395 e. The second kappa shape index (κ2) is 7.32. The Morgan fingerprint density at radius 2 is 2.04 bits per heavy atom. The third kappa shape index (κ3) is 3.76. The molecule has 1 aliphatic rings. The van der Waals surface area contributed by atoms with E-state index >= 15 is 0 Å². The maximum atomic E-state index is 13.3. The highest BCUT2D eigenvalue weighted by Gasteiger charge is 2.28. The van der Waals surface area contributed by atoms with Gasteiger partial charge in [-0.2, -0.15) is 15.1 Å². The average Bonchev–Trinajstić information content (AvgIpc) is 3.23. The summed E-state index contributed by atoms with van der Waals surface area (Å²) in [5.41, 5.74) is 1.10. The van der Waals surface area contributed by atoms with Crippen molar-refractivity contribution in [2.75, 3.05) is 35.3 Å². The van der Waals surface area contributed by atoms with Gasteiger partial charge >= 0.3 is 0 Å². The highest BCUT2D eigenvalue weighted by atomic mass is 32.2. The van der Waals surface area contributed by atoms with E-state index in [0.29, 0.717) is 29.0 Å². The van der Waals surface area contributed by atoms with E-state index in [9.17, 15) is 12.8 Å². The Balaban J connectivity index is 1.75. The number of nitrogens with one attached hydrogen (secondary N) is 2. The number of anilines is 2. The summed E-state index contributed by atoms with van der Waals surface area (Å²) in [6, 6.07) is 5.56. The van der Waals surface area contributed by atoms with Gasteiger partial charge in [-0.25, -0.2) is 17.5 Å². The Bertz CT molecular complexity index is 1100. The molecule has 0 spiro atoms. The van der Waals surface area contributed by atoms with Gasteiger partial charge in [0.15, 0.2) is 15.5 Å². The maximum absolute atomic E-state index is 13.3. The zero-order valence-electron chi connectivity index (χ0n) is 14.8. The molecule has 3 heterocycles. The van der Waals surface area contributed by atoms with Gasteiger partial charge in [-0.05, 0) is 30.7 Å². The van der Waals surface area contributed by atoms with Crippen LogP contribution in [0, 0.1) is 5.82 Å². The van der Waals surface area contributed by atoms with Crippen molar-refractivity contribution in [3.05, 3.63) is 36.3 Å². The monoisotopic (exact) mass is 406 g/mol. The van der Waals surface area contributed by atoms with Crippen LogP contribution in [-0.2, 0) is 9.84 Å². The first-order valence-electron chi connectivity index (χ1n) is 8.78. The number of fused-ring (bicyclic) bond motifs is 1. The van der Waals surface area contributed by atoms with Gasteiger partial charge in [0, 0.05) is 12.6 Å². The molecule has 11 heteroatoms. The Kier molecular flexibility index (Phi) is 4.85. The van der Waals surface area contributed by atoms with Crippen LogP contribution in [0.25, 0.3) is 16.7 Å². The van der Waals surface area contributed by atoms with E-state index in [1.54, 1.807) is 23.0 Å². The standard InChI is InChI=1S/C17H19FN6O3S/c18-11-1-3-13(4-2-11)24-16-14(9-20-24)15(19-6-7-25)22-17(23-16)21-12-5-8-28(26,27)10-12/h1-4,9,12,25H,5-8,10H2,(H2,19,21,22,23). The minimum absolute atomic E-state index is 0.0328. The minimum atomic E-state index is -3.05. The first kappa shape index (κ1) is 18.6. The predicted molar refractivity (Wildman–Crippen MR) is 103 cm³/mol. The second-order valence-corrected chi connectivity index (χ2v) is 8.79. The molecular formula is C17H19FN6O3S. The van der Waals surface area contributed by atoms with Crippen LogP contribution in [0.4, 0.5) is 16.2 Å². The lowest BCUT2D eigenvalue weighted by molar-refractivity contribution is 0.311. The van der Waals surface area contributed by atoms with E-state index in [0.717, 1.165) is 0 Å². The average molecular weight is 406 g/mol. The molecular weight excluding hydrogens is 387 g/mol. The summed E-state index contributed by atoms with van der Waals surface area (Å²) in [5.74, 6) is 0.542. The molecule has 0 saturated carbocycles. The van der Waals surface area contributed by atoms with Crippen LogP contribution < -0.4 is 10.6 Å². The Morgan fingerprint density at radius 3 is 2.71 bits per heavy atom. The molecule has 1 unspecified atom stereocenters. The third-order valence-corrected chi connectivity index (χ3v) is 6.24. The summed E-state index contributed by atoms with van der Waals surface area (Å²) in [4.78, 5) is 8.92. The van der Waals surface area contributed by atoms with Crippen LogP contribution in [0.3, 0.4) is 0 Å². The number of halogens is 1. The quantitative estimate of drug-likeness (QED) is 0.553. The molecule has 0 bridgehead atoms. The number of aliphatic hydroxyl groups is 1. The fourth-order valence-corrected chi connectivity index (χ4v) is 4.82. The lowest BCUT2D eigenvalue weighted by Crippen LogP contribution is -2.22. The fraction of sp³-hybridized carbons (Fsp3) is 0.353. The highest BCUT2D eigenvalue weighted by Crippen LogP contribution is 2.25. The summed E-state index contributed by atoms with van der Waals surface area (Å²) in [7, 11) is -3.05. The molecule has 1 saturated heterocycles. The Labute approximate surface area is 160 Å². The van der Waals surface area contributed by atoms with Crippen molar-refractivity contribution < 1.29 is 17.9 Å². The van der Waals surface area contributed by atoms with Gasteiger partial charge in [-0.3, -0.25) is 0 Å². The predicted octanol–water partition coefficient (Wildman–Crippen LogP) is 0.958. The number of benzene rings is 1. The Hall–Kier alpha value is -2.79. The number of hydrogen-bond acceptors (Lipinski definition) is 8. The van der Waals surface area contributed by atoms with Gasteiger partial charge < -0.3 is 15.7 Å². The topological polar surface area (TPSA) is 122 Å². The third-order valence-electron chi connectivity index (χ3n) is 4.47. The molecule has 9 nitrogen and oxygen atoms in total. The van der Waals surface area contributed by atoms with E-state index in [2.05, 4.69) is 25.7 Å². The van der Waals surface area contributed by atoms with Crippen molar-refractivity contribution >= 4 is 32.6 Å².